The average Bonchev–Trinajstić information content (AvgIpc) is 2.27. The van der Waals surface area contributed by atoms with Crippen LogP contribution < -0.4 is 9.47 Å². The predicted octanol–water partition coefficient (Wildman–Crippen LogP) is 2.59. The molecule has 0 saturated heterocycles. The monoisotopic (exact) mass is 290 g/mol. The SMILES string of the molecule is COCOc1c(Br)cc(COC)cc1OC. The van der Waals surface area contributed by atoms with Crippen molar-refractivity contribution in [1.82, 2.24) is 0 Å². The summed E-state index contributed by atoms with van der Waals surface area (Å²) in [5.41, 5.74) is 1.01. The molecule has 0 heterocycles. The van der Waals surface area contributed by atoms with Gasteiger partial charge in [0, 0.05) is 14.2 Å². The third-order valence-corrected chi connectivity index (χ3v) is 2.51. The van der Waals surface area contributed by atoms with Gasteiger partial charge in [-0.15, -0.1) is 0 Å². The molecule has 0 amide bonds. The predicted molar refractivity (Wildman–Crippen MR) is 63.9 cm³/mol. The fourth-order valence-electron chi connectivity index (χ4n) is 1.28. The molecule has 0 aliphatic carbocycles. The summed E-state index contributed by atoms with van der Waals surface area (Å²) in [6.45, 7) is 0.706. The second-order valence-corrected chi connectivity index (χ2v) is 3.95. The van der Waals surface area contributed by atoms with Crippen LogP contribution in [0.2, 0.25) is 0 Å². The van der Waals surface area contributed by atoms with Crippen molar-refractivity contribution in [3.63, 3.8) is 0 Å². The summed E-state index contributed by atoms with van der Waals surface area (Å²) in [7, 11) is 4.81. The van der Waals surface area contributed by atoms with Crippen molar-refractivity contribution in [3.8, 4) is 11.5 Å². The lowest BCUT2D eigenvalue weighted by molar-refractivity contribution is 0.0485. The Bertz CT molecular complexity index is 341. The molecule has 0 bridgehead atoms. The van der Waals surface area contributed by atoms with Gasteiger partial charge in [0.05, 0.1) is 18.2 Å². The van der Waals surface area contributed by atoms with Gasteiger partial charge in [-0.3, -0.25) is 0 Å². The molecule has 0 unspecified atom stereocenters. The van der Waals surface area contributed by atoms with Crippen LogP contribution >= 0.6 is 15.9 Å². The second kappa shape index (κ2) is 6.73. The van der Waals surface area contributed by atoms with Gasteiger partial charge in [-0.2, -0.15) is 0 Å². The van der Waals surface area contributed by atoms with E-state index in [1.54, 1.807) is 21.3 Å². The zero-order chi connectivity index (χ0) is 12.0. The van der Waals surface area contributed by atoms with Crippen molar-refractivity contribution in [2.45, 2.75) is 6.61 Å². The van der Waals surface area contributed by atoms with Crippen molar-refractivity contribution in [2.24, 2.45) is 0 Å². The van der Waals surface area contributed by atoms with Crippen LogP contribution in [0.25, 0.3) is 0 Å². The summed E-state index contributed by atoms with van der Waals surface area (Å²) in [5.74, 6) is 1.28. The average molecular weight is 291 g/mol. The van der Waals surface area contributed by atoms with Crippen molar-refractivity contribution in [1.29, 1.82) is 0 Å². The van der Waals surface area contributed by atoms with Gasteiger partial charge in [0.1, 0.15) is 0 Å². The normalized spacial score (nSPS) is 10.2. The standard InChI is InChI=1S/C11H15BrO4/c1-13-6-8-4-9(12)11(16-7-14-2)10(5-8)15-3/h4-5H,6-7H2,1-3H3. The first-order chi connectivity index (χ1) is 7.72. The van der Waals surface area contributed by atoms with Crippen LogP contribution in [0.4, 0.5) is 0 Å². The van der Waals surface area contributed by atoms with E-state index in [1.165, 1.54) is 0 Å². The molecular formula is C11H15BrO4. The largest absolute Gasteiger partial charge is 0.493 e. The fourth-order valence-corrected chi connectivity index (χ4v) is 1.89. The van der Waals surface area contributed by atoms with E-state index < -0.39 is 0 Å². The van der Waals surface area contributed by atoms with Gasteiger partial charge in [-0.1, -0.05) is 0 Å². The van der Waals surface area contributed by atoms with E-state index in [-0.39, 0.29) is 6.79 Å². The number of rotatable bonds is 6. The molecule has 4 nitrogen and oxygen atoms in total. The topological polar surface area (TPSA) is 36.9 Å². The minimum absolute atomic E-state index is 0.179. The van der Waals surface area contributed by atoms with Crippen molar-refractivity contribution in [3.05, 3.63) is 22.2 Å². The maximum absolute atomic E-state index is 5.41. The van der Waals surface area contributed by atoms with Crippen LogP contribution in [0.1, 0.15) is 5.56 Å². The molecule has 1 aromatic rings. The maximum Gasteiger partial charge on any atom is 0.188 e. The minimum Gasteiger partial charge on any atom is -0.493 e. The van der Waals surface area contributed by atoms with Gasteiger partial charge in [0.15, 0.2) is 18.3 Å². The first-order valence-corrected chi connectivity index (χ1v) is 5.49. The highest BCUT2D eigenvalue weighted by atomic mass is 79.9. The van der Waals surface area contributed by atoms with E-state index in [0.717, 1.165) is 10.0 Å². The molecule has 0 N–H and O–H groups in total. The van der Waals surface area contributed by atoms with E-state index in [1.807, 2.05) is 12.1 Å². The second-order valence-electron chi connectivity index (χ2n) is 3.09. The molecule has 90 valence electrons. The highest BCUT2D eigenvalue weighted by molar-refractivity contribution is 9.10. The van der Waals surface area contributed by atoms with Gasteiger partial charge in [-0.25, -0.2) is 0 Å². The Morgan fingerprint density at radius 1 is 1.12 bits per heavy atom. The van der Waals surface area contributed by atoms with Crippen LogP contribution in [0.3, 0.4) is 0 Å². The molecule has 0 aliphatic heterocycles. The van der Waals surface area contributed by atoms with E-state index in [0.29, 0.717) is 18.1 Å². The first kappa shape index (κ1) is 13.3. The van der Waals surface area contributed by atoms with Crippen LogP contribution in [0.5, 0.6) is 11.5 Å². The van der Waals surface area contributed by atoms with Crippen LogP contribution in [0.15, 0.2) is 16.6 Å². The number of ether oxygens (including phenoxy) is 4. The third kappa shape index (κ3) is 3.37. The molecule has 0 fully saturated rings. The van der Waals surface area contributed by atoms with E-state index in [9.17, 15) is 0 Å². The fraction of sp³-hybridized carbons (Fsp3) is 0.455. The van der Waals surface area contributed by atoms with Crippen LogP contribution in [-0.2, 0) is 16.1 Å². The number of hydrogen-bond donors (Lipinski definition) is 0. The Morgan fingerprint density at radius 3 is 2.44 bits per heavy atom. The molecule has 0 saturated carbocycles. The van der Waals surface area contributed by atoms with Gasteiger partial charge < -0.3 is 18.9 Å². The Labute approximate surface area is 104 Å². The van der Waals surface area contributed by atoms with Crippen molar-refractivity contribution < 1.29 is 18.9 Å². The Hall–Kier alpha value is -0.780. The molecular weight excluding hydrogens is 276 g/mol. The van der Waals surface area contributed by atoms with Gasteiger partial charge >= 0.3 is 0 Å². The van der Waals surface area contributed by atoms with Gasteiger partial charge in [0.2, 0.25) is 0 Å². The molecule has 5 heteroatoms. The molecule has 16 heavy (non-hydrogen) atoms. The summed E-state index contributed by atoms with van der Waals surface area (Å²) >= 11 is 3.42. The van der Waals surface area contributed by atoms with Gasteiger partial charge in [-0.05, 0) is 33.6 Å². The number of methoxy groups -OCH3 is 3. The molecule has 0 spiro atoms. The van der Waals surface area contributed by atoms with Crippen molar-refractivity contribution in [2.75, 3.05) is 28.1 Å². The van der Waals surface area contributed by atoms with Crippen LogP contribution in [0, 0.1) is 0 Å². The Morgan fingerprint density at radius 2 is 1.88 bits per heavy atom. The highest BCUT2D eigenvalue weighted by Crippen LogP contribution is 2.36. The number of halogens is 1. The summed E-state index contributed by atoms with van der Waals surface area (Å²) in [6.07, 6.45) is 0. The van der Waals surface area contributed by atoms with Crippen molar-refractivity contribution >= 4 is 15.9 Å². The smallest absolute Gasteiger partial charge is 0.188 e. The zero-order valence-corrected chi connectivity index (χ0v) is 11.2. The minimum atomic E-state index is 0.179. The molecule has 0 aliphatic rings. The van der Waals surface area contributed by atoms with E-state index >= 15 is 0 Å². The lowest BCUT2D eigenvalue weighted by atomic mass is 10.2. The Balaban J connectivity index is 2.97. The third-order valence-electron chi connectivity index (χ3n) is 1.92. The maximum atomic E-state index is 5.41. The molecule has 1 aromatic carbocycles. The molecule has 1 rings (SSSR count). The Kier molecular flexibility index (Phi) is 5.59. The summed E-state index contributed by atoms with van der Waals surface area (Å²) in [4.78, 5) is 0. The lowest BCUT2D eigenvalue weighted by Crippen LogP contribution is -2.02. The van der Waals surface area contributed by atoms with E-state index in [4.69, 9.17) is 18.9 Å². The number of hydrogen-bond acceptors (Lipinski definition) is 4. The van der Waals surface area contributed by atoms with Gasteiger partial charge in [0.25, 0.3) is 0 Å². The summed E-state index contributed by atoms with van der Waals surface area (Å²) in [6, 6.07) is 3.80. The lowest BCUT2D eigenvalue weighted by Gasteiger charge is -2.13. The molecule has 0 aromatic heterocycles. The first-order valence-electron chi connectivity index (χ1n) is 4.70. The van der Waals surface area contributed by atoms with Crippen LogP contribution in [-0.4, -0.2) is 28.1 Å². The van der Waals surface area contributed by atoms with E-state index in [2.05, 4.69) is 15.9 Å². The molecule has 0 radical (unpaired) electrons. The number of benzene rings is 1. The zero-order valence-electron chi connectivity index (χ0n) is 9.58. The summed E-state index contributed by atoms with van der Waals surface area (Å²) < 4.78 is 21.4. The quantitative estimate of drug-likeness (QED) is 0.755. The highest BCUT2D eigenvalue weighted by Gasteiger charge is 2.11. The summed E-state index contributed by atoms with van der Waals surface area (Å²) in [5, 5.41) is 0. The molecule has 0 atom stereocenters.